The van der Waals surface area contributed by atoms with E-state index in [1.807, 2.05) is 36.9 Å². The molecule has 0 spiro atoms. The maximum atomic E-state index is 12.6. The molecular formula is C18H24N2O. The fourth-order valence-electron chi connectivity index (χ4n) is 2.56. The highest BCUT2D eigenvalue weighted by atomic mass is 16.2. The third-order valence-corrected chi connectivity index (χ3v) is 4.18. The normalized spacial score (nSPS) is 14.0. The Hall–Kier alpha value is -1.79. The first-order valence-electron chi connectivity index (χ1n) is 7.74. The van der Waals surface area contributed by atoms with Crippen LogP contribution >= 0.6 is 0 Å². The van der Waals surface area contributed by atoms with Gasteiger partial charge in [-0.1, -0.05) is 24.3 Å². The third-order valence-electron chi connectivity index (χ3n) is 4.18. The number of aryl methyl sites for hydroxylation is 1. The van der Waals surface area contributed by atoms with Crippen molar-refractivity contribution < 1.29 is 4.79 Å². The fourth-order valence-corrected chi connectivity index (χ4v) is 2.56. The van der Waals surface area contributed by atoms with Crippen LogP contribution in [0.15, 0.2) is 18.2 Å². The van der Waals surface area contributed by atoms with Crippen LogP contribution in [0.4, 0.5) is 0 Å². The first-order valence-corrected chi connectivity index (χ1v) is 7.74. The van der Waals surface area contributed by atoms with Gasteiger partial charge in [-0.3, -0.25) is 4.79 Å². The maximum Gasteiger partial charge on any atom is 0.253 e. The van der Waals surface area contributed by atoms with E-state index in [9.17, 15) is 4.79 Å². The van der Waals surface area contributed by atoms with Crippen LogP contribution in [0.25, 0.3) is 0 Å². The summed E-state index contributed by atoms with van der Waals surface area (Å²) < 4.78 is 0. The first kappa shape index (κ1) is 15.6. The average Bonchev–Trinajstić information content (AvgIpc) is 2.45. The van der Waals surface area contributed by atoms with Crippen molar-refractivity contribution in [1.82, 2.24) is 4.90 Å². The van der Waals surface area contributed by atoms with Gasteiger partial charge in [0.15, 0.2) is 0 Å². The molecule has 0 aromatic heterocycles. The van der Waals surface area contributed by atoms with Crippen LogP contribution < -0.4 is 5.73 Å². The van der Waals surface area contributed by atoms with Gasteiger partial charge >= 0.3 is 0 Å². The van der Waals surface area contributed by atoms with Gasteiger partial charge in [0.2, 0.25) is 0 Å². The van der Waals surface area contributed by atoms with Crippen LogP contribution in [0.3, 0.4) is 0 Å². The molecule has 0 heterocycles. The van der Waals surface area contributed by atoms with Gasteiger partial charge in [0.1, 0.15) is 0 Å². The summed E-state index contributed by atoms with van der Waals surface area (Å²) in [7, 11) is 0. The van der Waals surface area contributed by atoms with Crippen molar-refractivity contribution in [2.75, 3.05) is 19.6 Å². The van der Waals surface area contributed by atoms with E-state index in [4.69, 9.17) is 5.73 Å². The Labute approximate surface area is 127 Å². The van der Waals surface area contributed by atoms with E-state index in [1.165, 1.54) is 19.3 Å². The molecule has 1 aromatic rings. The summed E-state index contributed by atoms with van der Waals surface area (Å²) >= 11 is 0. The molecule has 0 unspecified atom stereocenters. The number of rotatable bonds is 4. The number of hydrogen-bond acceptors (Lipinski definition) is 2. The second-order valence-electron chi connectivity index (χ2n) is 5.68. The van der Waals surface area contributed by atoms with E-state index >= 15 is 0 Å². The summed E-state index contributed by atoms with van der Waals surface area (Å²) in [6, 6.07) is 5.75. The Morgan fingerprint density at radius 3 is 2.76 bits per heavy atom. The molecule has 0 radical (unpaired) electrons. The largest absolute Gasteiger partial charge is 0.339 e. The van der Waals surface area contributed by atoms with Crippen LogP contribution in [-0.2, 0) is 0 Å². The molecule has 112 valence electrons. The van der Waals surface area contributed by atoms with Crippen molar-refractivity contribution in [1.29, 1.82) is 0 Å². The number of hydrogen-bond donors (Lipinski definition) is 1. The monoisotopic (exact) mass is 284 g/mol. The predicted octanol–water partition coefficient (Wildman–Crippen LogP) is 2.57. The molecular weight excluding hydrogens is 260 g/mol. The minimum absolute atomic E-state index is 0.111. The van der Waals surface area contributed by atoms with Gasteiger partial charge in [-0.2, -0.15) is 0 Å². The molecule has 0 saturated heterocycles. The first-order chi connectivity index (χ1) is 10.2. The molecule has 1 fully saturated rings. The van der Waals surface area contributed by atoms with Crippen molar-refractivity contribution in [3.8, 4) is 11.8 Å². The molecule has 21 heavy (non-hydrogen) atoms. The number of carbonyl (C=O) groups is 1. The quantitative estimate of drug-likeness (QED) is 0.864. The molecule has 0 aliphatic heterocycles. The number of benzene rings is 1. The third kappa shape index (κ3) is 3.86. The highest BCUT2D eigenvalue weighted by Gasteiger charge is 2.23. The van der Waals surface area contributed by atoms with Crippen LogP contribution in [0.5, 0.6) is 0 Å². The lowest BCUT2D eigenvalue weighted by molar-refractivity contribution is 0.0706. The van der Waals surface area contributed by atoms with E-state index in [0.29, 0.717) is 12.5 Å². The predicted molar refractivity (Wildman–Crippen MR) is 86.0 cm³/mol. The molecule has 0 bridgehead atoms. The van der Waals surface area contributed by atoms with Gasteiger partial charge in [-0.15, -0.1) is 0 Å². The van der Waals surface area contributed by atoms with Gasteiger partial charge in [0, 0.05) is 24.2 Å². The molecule has 1 amide bonds. The van der Waals surface area contributed by atoms with Crippen molar-refractivity contribution in [3.05, 3.63) is 34.9 Å². The standard InChI is InChI=1S/C18H24N2O/c1-3-20(13-15-6-4-7-15)18(21)17-10-9-14(2)16(12-17)8-5-11-19/h9-10,12,15H,3-4,6-7,11,13,19H2,1-2H3. The van der Waals surface area contributed by atoms with Gasteiger partial charge in [-0.25, -0.2) is 0 Å². The van der Waals surface area contributed by atoms with E-state index in [2.05, 4.69) is 11.8 Å². The van der Waals surface area contributed by atoms with Crippen molar-refractivity contribution in [2.45, 2.75) is 33.1 Å². The Morgan fingerprint density at radius 1 is 1.43 bits per heavy atom. The molecule has 3 nitrogen and oxygen atoms in total. The summed E-state index contributed by atoms with van der Waals surface area (Å²) in [6.45, 7) is 6.01. The lowest BCUT2D eigenvalue weighted by Crippen LogP contribution is -2.37. The minimum atomic E-state index is 0.111. The van der Waals surface area contributed by atoms with Crippen molar-refractivity contribution in [2.24, 2.45) is 11.7 Å². The van der Waals surface area contributed by atoms with E-state index in [0.717, 1.165) is 29.8 Å². The van der Waals surface area contributed by atoms with E-state index in [-0.39, 0.29) is 5.91 Å². The second kappa shape index (κ2) is 7.28. The zero-order valence-electron chi connectivity index (χ0n) is 13.0. The zero-order valence-corrected chi connectivity index (χ0v) is 13.0. The van der Waals surface area contributed by atoms with E-state index < -0.39 is 0 Å². The molecule has 0 atom stereocenters. The summed E-state index contributed by atoms with van der Waals surface area (Å²) in [5, 5.41) is 0. The summed E-state index contributed by atoms with van der Waals surface area (Å²) in [5.74, 6) is 6.70. The molecule has 1 aliphatic carbocycles. The Morgan fingerprint density at radius 2 is 2.19 bits per heavy atom. The van der Waals surface area contributed by atoms with Crippen molar-refractivity contribution >= 4 is 5.91 Å². The highest BCUT2D eigenvalue weighted by Crippen LogP contribution is 2.27. The van der Waals surface area contributed by atoms with Gasteiger partial charge in [0.05, 0.1) is 6.54 Å². The van der Waals surface area contributed by atoms with E-state index in [1.54, 1.807) is 0 Å². The molecule has 2 N–H and O–H groups in total. The lowest BCUT2D eigenvalue weighted by atomic mass is 9.85. The number of carbonyl (C=O) groups excluding carboxylic acids is 1. The number of nitrogens with zero attached hydrogens (tertiary/aromatic N) is 1. The van der Waals surface area contributed by atoms with Gasteiger partial charge in [0.25, 0.3) is 5.91 Å². The Balaban J connectivity index is 2.16. The van der Waals surface area contributed by atoms with Gasteiger partial charge in [-0.05, 0) is 50.3 Å². The van der Waals surface area contributed by atoms with Crippen molar-refractivity contribution in [3.63, 3.8) is 0 Å². The SMILES string of the molecule is CCN(CC1CCC1)C(=O)c1ccc(C)c(C#CCN)c1. The zero-order chi connectivity index (χ0) is 15.2. The lowest BCUT2D eigenvalue weighted by Gasteiger charge is -2.32. The summed E-state index contributed by atoms with van der Waals surface area (Å²) in [5.41, 5.74) is 8.12. The van der Waals surface area contributed by atoms with Crippen LogP contribution in [0.1, 0.15) is 47.7 Å². The number of nitrogens with two attached hydrogens (primary N) is 1. The summed E-state index contributed by atoms with van der Waals surface area (Å²) in [4.78, 5) is 14.6. The van der Waals surface area contributed by atoms with Crippen LogP contribution in [-0.4, -0.2) is 30.4 Å². The highest BCUT2D eigenvalue weighted by molar-refractivity contribution is 5.94. The summed E-state index contributed by atoms with van der Waals surface area (Å²) in [6.07, 6.45) is 3.82. The molecule has 1 aromatic carbocycles. The van der Waals surface area contributed by atoms with Gasteiger partial charge < -0.3 is 10.6 Å². The second-order valence-corrected chi connectivity index (χ2v) is 5.68. The topological polar surface area (TPSA) is 46.3 Å². The number of amides is 1. The van der Waals surface area contributed by atoms with Crippen LogP contribution in [0, 0.1) is 24.7 Å². The molecule has 3 heteroatoms. The maximum absolute atomic E-state index is 12.6. The average molecular weight is 284 g/mol. The Bertz CT molecular complexity index is 564. The fraction of sp³-hybridized carbons (Fsp3) is 0.500. The van der Waals surface area contributed by atoms with Crippen LogP contribution in [0.2, 0.25) is 0 Å². The molecule has 2 rings (SSSR count). The molecule has 1 aliphatic rings. The smallest absolute Gasteiger partial charge is 0.253 e. The molecule has 1 saturated carbocycles. The Kier molecular flexibility index (Phi) is 5.41. The minimum Gasteiger partial charge on any atom is -0.339 e.